The van der Waals surface area contributed by atoms with Crippen LogP contribution in [-0.4, -0.2) is 22.2 Å². The Morgan fingerprint density at radius 3 is 3.00 bits per heavy atom. The van der Waals surface area contributed by atoms with Crippen molar-refractivity contribution in [1.82, 2.24) is 9.78 Å². The second kappa shape index (κ2) is 4.59. The summed E-state index contributed by atoms with van der Waals surface area (Å²) in [4.78, 5) is 11.3. The van der Waals surface area contributed by atoms with E-state index in [1.165, 1.54) is 10.9 Å². The Morgan fingerprint density at radius 2 is 2.25 bits per heavy atom. The number of aromatic nitrogens is 2. The number of nitrogens with one attached hydrogen (secondary N) is 1. The number of halogens is 2. The molecule has 1 amide bonds. The molecule has 0 fully saturated rings. The van der Waals surface area contributed by atoms with E-state index in [9.17, 15) is 13.6 Å². The van der Waals surface area contributed by atoms with Crippen LogP contribution in [0.2, 0.25) is 0 Å². The minimum Gasteiger partial charge on any atom is -0.369 e. The first-order valence-electron chi connectivity index (χ1n) is 6.14. The lowest BCUT2D eigenvalue weighted by Gasteiger charge is -2.26. The number of fused-ring (bicyclic) bond motifs is 1. The Bertz CT molecular complexity index is 683. The average Bonchev–Trinajstić information content (AvgIpc) is 2.85. The van der Waals surface area contributed by atoms with Crippen LogP contribution in [0.4, 0.5) is 14.6 Å². The van der Waals surface area contributed by atoms with Crippen molar-refractivity contribution in [3.8, 4) is 0 Å². The molecule has 1 unspecified atom stereocenters. The van der Waals surface area contributed by atoms with Crippen molar-refractivity contribution >= 4 is 11.7 Å². The summed E-state index contributed by atoms with van der Waals surface area (Å²) >= 11 is 0. The number of carbonyl (C=O) groups is 1. The van der Waals surface area contributed by atoms with E-state index in [4.69, 9.17) is 5.73 Å². The van der Waals surface area contributed by atoms with Crippen molar-refractivity contribution < 1.29 is 13.6 Å². The van der Waals surface area contributed by atoms with Crippen LogP contribution in [0, 0.1) is 11.6 Å². The first kappa shape index (κ1) is 12.6. The number of hydrogen-bond donors (Lipinski definition) is 2. The zero-order valence-electron chi connectivity index (χ0n) is 10.4. The van der Waals surface area contributed by atoms with Gasteiger partial charge in [-0.2, -0.15) is 5.10 Å². The Labute approximate surface area is 113 Å². The zero-order valence-corrected chi connectivity index (χ0v) is 10.4. The fourth-order valence-electron chi connectivity index (χ4n) is 2.46. The van der Waals surface area contributed by atoms with Gasteiger partial charge in [0.05, 0.1) is 12.2 Å². The summed E-state index contributed by atoms with van der Waals surface area (Å²) in [7, 11) is 0. The van der Waals surface area contributed by atoms with Crippen LogP contribution >= 0.6 is 0 Å². The number of nitrogens with zero attached hydrogens (tertiary/aromatic N) is 2. The van der Waals surface area contributed by atoms with E-state index in [2.05, 4.69) is 10.4 Å². The van der Waals surface area contributed by atoms with Gasteiger partial charge < -0.3 is 11.1 Å². The molecule has 20 heavy (non-hydrogen) atoms. The highest BCUT2D eigenvalue weighted by Crippen LogP contribution is 2.32. The minimum atomic E-state index is -0.612. The van der Waals surface area contributed by atoms with Crippen LogP contribution in [-0.2, 0) is 0 Å². The Kier molecular flexibility index (Phi) is 2.89. The topological polar surface area (TPSA) is 72.9 Å². The molecular formula is C13H12F2N4O. The van der Waals surface area contributed by atoms with Crippen molar-refractivity contribution in [3.05, 3.63) is 47.2 Å². The maximum Gasteiger partial charge on any atom is 0.254 e. The molecule has 0 saturated carbocycles. The van der Waals surface area contributed by atoms with Gasteiger partial charge in [0.2, 0.25) is 0 Å². The molecule has 3 rings (SSSR count). The largest absolute Gasteiger partial charge is 0.369 e. The Morgan fingerprint density at radius 1 is 1.45 bits per heavy atom. The first-order chi connectivity index (χ1) is 9.58. The van der Waals surface area contributed by atoms with Crippen LogP contribution in [0.1, 0.15) is 28.4 Å². The highest BCUT2D eigenvalue weighted by Gasteiger charge is 2.28. The predicted molar refractivity (Wildman–Crippen MR) is 68.3 cm³/mol. The maximum absolute atomic E-state index is 13.9. The molecule has 1 aromatic heterocycles. The molecule has 104 valence electrons. The van der Waals surface area contributed by atoms with Crippen LogP contribution in [0.3, 0.4) is 0 Å². The van der Waals surface area contributed by atoms with Crippen LogP contribution < -0.4 is 11.1 Å². The van der Waals surface area contributed by atoms with Crippen molar-refractivity contribution in [2.24, 2.45) is 5.73 Å². The molecule has 7 heteroatoms. The normalized spacial score (nSPS) is 17.4. The molecule has 0 aliphatic carbocycles. The molecule has 0 bridgehead atoms. The van der Waals surface area contributed by atoms with Gasteiger partial charge in [-0.25, -0.2) is 13.5 Å². The van der Waals surface area contributed by atoms with Gasteiger partial charge in [0.25, 0.3) is 5.91 Å². The molecule has 2 aromatic rings. The molecule has 2 heterocycles. The summed E-state index contributed by atoms with van der Waals surface area (Å²) in [5, 5.41) is 7.08. The molecule has 5 nitrogen and oxygen atoms in total. The maximum atomic E-state index is 13.9. The third-order valence-electron chi connectivity index (χ3n) is 3.38. The number of carbonyl (C=O) groups excluding carboxylic acids is 1. The van der Waals surface area contributed by atoms with Gasteiger partial charge in [0.1, 0.15) is 23.0 Å². The van der Waals surface area contributed by atoms with Gasteiger partial charge in [0, 0.05) is 12.1 Å². The fourth-order valence-corrected chi connectivity index (χ4v) is 2.46. The summed E-state index contributed by atoms with van der Waals surface area (Å²) in [6.07, 6.45) is 1.87. The lowest BCUT2D eigenvalue weighted by Crippen LogP contribution is -2.26. The molecular weight excluding hydrogens is 266 g/mol. The zero-order chi connectivity index (χ0) is 14.3. The number of nitrogens with two attached hydrogens (primary N) is 1. The number of amides is 1. The predicted octanol–water partition coefficient (Wildman–Crippen LogP) is 1.67. The fraction of sp³-hybridized carbons (Fsp3) is 0.231. The lowest BCUT2D eigenvalue weighted by molar-refractivity contribution is 0.100. The summed E-state index contributed by atoms with van der Waals surface area (Å²) in [6.45, 7) is 0.520. The molecule has 1 aliphatic rings. The van der Waals surface area contributed by atoms with E-state index in [1.54, 1.807) is 0 Å². The lowest BCUT2D eigenvalue weighted by atomic mass is 10.0. The Balaban J connectivity index is 2.10. The monoisotopic (exact) mass is 278 g/mol. The van der Waals surface area contributed by atoms with Crippen molar-refractivity contribution in [1.29, 1.82) is 0 Å². The quantitative estimate of drug-likeness (QED) is 0.877. The van der Waals surface area contributed by atoms with Gasteiger partial charge >= 0.3 is 0 Å². The summed E-state index contributed by atoms with van der Waals surface area (Å²) < 4.78 is 28.7. The summed E-state index contributed by atoms with van der Waals surface area (Å²) in [5.41, 5.74) is 5.71. The van der Waals surface area contributed by atoms with Gasteiger partial charge in [0.15, 0.2) is 0 Å². The molecule has 0 spiro atoms. The van der Waals surface area contributed by atoms with Crippen LogP contribution in [0.5, 0.6) is 0 Å². The van der Waals surface area contributed by atoms with E-state index in [0.29, 0.717) is 18.8 Å². The van der Waals surface area contributed by atoms with E-state index in [-0.39, 0.29) is 11.1 Å². The Hall–Kier alpha value is -2.44. The van der Waals surface area contributed by atoms with E-state index in [0.717, 1.165) is 18.2 Å². The third-order valence-corrected chi connectivity index (χ3v) is 3.38. The number of rotatable bonds is 2. The van der Waals surface area contributed by atoms with Crippen molar-refractivity contribution in [2.75, 3.05) is 11.9 Å². The standard InChI is InChI=1S/C13H12F2N4O/c14-7-1-2-10(15)8(5-7)11-3-4-17-13-9(12(16)20)6-18-19(11)13/h1-2,5-6,11,17H,3-4H2,(H2,16,20). The number of hydrogen-bond acceptors (Lipinski definition) is 3. The minimum absolute atomic E-state index is 0.215. The van der Waals surface area contributed by atoms with E-state index < -0.39 is 23.6 Å². The van der Waals surface area contributed by atoms with Gasteiger partial charge in [-0.1, -0.05) is 0 Å². The van der Waals surface area contributed by atoms with Crippen molar-refractivity contribution in [3.63, 3.8) is 0 Å². The van der Waals surface area contributed by atoms with Crippen molar-refractivity contribution in [2.45, 2.75) is 12.5 Å². The number of primary amides is 1. The van der Waals surface area contributed by atoms with Gasteiger partial charge in [-0.3, -0.25) is 4.79 Å². The molecule has 1 atom stereocenters. The van der Waals surface area contributed by atoms with Gasteiger partial charge in [-0.05, 0) is 24.6 Å². The van der Waals surface area contributed by atoms with Gasteiger partial charge in [-0.15, -0.1) is 0 Å². The third kappa shape index (κ3) is 1.91. The van der Waals surface area contributed by atoms with Crippen LogP contribution in [0.15, 0.2) is 24.4 Å². The van der Waals surface area contributed by atoms with E-state index >= 15 is 0 Å². The SMILES string of the molecule is NC(=O)c1cnn2c1NCCC2c1cc(F)ccc1F. The average molecular weight is 278 g/mol. The number of benzene rings is 1. The number of anilines is 1. The van der Waals surface area contributed by atoms with Crippen LogP contribution in [0.25, 0.3) is 0 Å². The second-order valence-corrected chi connectivity index (χ2v) is 4.61. The smallest absolute Gasteiger partial charge is 0.254 e. The summed E-state index contributed by atoms with van der Waals surface area (Å²) in [5.74, 6) is -1.18. The molecule has 1 aromatic carbocycles. The molecule has 1 aliphatic heterocycles. The first-order valence-corrected chi connectivity index (χ1v) is 6.14. The molecule has 3 N–H and O–H groups in total. The highest BCUT2D eigenvalue weighted by atomic mass is 19.1. The van der Waals surface area contributed by atoms with E-state index in [1.807, 2.05) is 0 Å². The molecule has 0 saturated heterocycles. The second-order valence-electron chi connectivity index (χ2n) is 4.61. The molecule has 0 radical (unpaired) electrons. The summed E-state index contributed by atoms with van der Waals surface area (Å²) in [6, 6.07) is 2.85. The highest BCUT2D eigenvalue weighted by molar-refractivity contribution is 5.97.